The second-order valence-electron chi connectivity index (χ2n) is 6.06. The first-order chi connectivity index (χ1) is 12.7. The third-order valence-electron chi connectivity index (χ3n) is 4.20. The molecular formula is C21H17N3OS. The fourth-order valence-electron chi connectivity index (χ4n) is 3.05. The Hall–Kier alpha value is -3.05. The third-order valence-corrected chi connectivity index (χ3v) is 5.03. The number of nitrogens with zero attached hydrogens (tertiary/aromatic N) is 2. The summed E-state index contributed by atoms with van der Waals surface area (Å²) in [5.74, 6) is -0.170. The summed E-state index contributed by atoms with van der Waals surface area (Å²) in [6.07, 6.45) is 1.97. The molecule has 5 heteroatoms. The van der Waals surface area contributed by atoms with Crippen LogP contribution >= 0.6 is 11.3 Å². The molecule has 0 radical (unpaired) electrons. The summed E-state index contributed by atoms with van der Waals surface area (Å²) < 4.78 is 0. The van der Waals surface area contributed by atoms with E-state index in [2.05, 4.69) is 45.8 Å². The summed E-state index contributed by atoms with van der Waals surface area (Å²) in [6, 6.07) is 18.6. The Morgan fingerprint density at radius 1 is 1.12 bits per heavy atom. The maximum atomic E-state index is 12.1. The van der Waals surface area contributed by atoms with Crippen LogP contribution < -0.4 is 5.43 Å². The van der Waals surface area contributed by atoms with Crippen molar-refractivity contribution >= 4 is 45.0 Å². The van der Waals surface area contributed by atoms with Crippen LogP contribution in [0.15, 0.2) is 65.1 Å². The van der Waals surface area contributed by atoms with E-state index in [0.29, 0.717) is 0 Å². The summed E-state index contributed by atoms with van der Waals surface area (Å²) in [6.45, 7) is 1.93. The molecule has 3 aromatic carbocycles. The first-order valence-electron chi connectivity index (χ1n) is 8.34. The molecule has 1 heterocycles. The van der Waals surface area contributed by atoms with Gasteiger partial charge in [0.2, 0.25) is 5.91 Å². The van der Waals surface area contributed by atoms with E-state index in [9.17, 15) is 4.79 Å². The van der Waals surface area contributed by atoms with Gasteiger partial charge in [-0.15, -0.1) is 11.3 Å². The molecule has 0 unspecified atom stereocenters. The number of aryl methyl sites for hydroxylation is 1. The Bertz CT molecular complexity index is 1080. The van der Waals surface area contributed by atoms with E-state index in [0.717, 1.165) is 37.8 Å². The molecule has 0 saturated carbocycles. The van der Waals surface area contributed by atoms with Crippen LogP contribution in [0.5, 0.6) is 0 Å². The molecule has 0 saturated heterocycles. The fourth-order valence-corrected chi connectivity index (χ4v) is 3.66. The maximum absolute atomic E-state index is 12.1. The molecule has 0 aliphatic heterocycles. The molecule has 4 rings (SSSR count). The van der Waals surface area contributed by atoms with Gasteiger partial charge in [0.25, 0.3) is 0 Å². The highest BCUT2D eigenvalue weighted by Crippen LogP contribution is 2.27. The van der Waals surface area contributed by atoms with Crippen LogP contribution in [-0.2, 0) is 11.2 Å². The predicted molar refractivity (Wildman–Crippen MR) is 108 cm³/mol. The Morgan fingerprint density at radius 2 is 1.77 bits per heavy atom. The third kappa shape index (κ3) is 3.34. The zero-order valence-corrected chi connectivity index (χ0v) is 15.1. The van der Waals surface area contributed by atoms with Gasteiger partial charge in [-0.3, -0.25) is 4.79 Å². The van der Waals surface area contributed by atoms with Crippen molar-refractivity contribution in [2.75, 3.05) is 0 Å². The molecule has 0 atom stereocenters. The van der Waals surface area contributed by atoms with Crippen molar-refractivity contribution in [1.29, 1.82) is 0 Å². The van der Waals surface area contributed by atoms with E-state index in [1.165, 1.54) is 0 Å². The lowest BCUT2D eigenvalue weighted by atomic mass is 9.97. The number of carbonyl (C=O) groups excluding carboxylic acids is 1. The van der Waals surface area contributed by atoms with Crippen molar-refractivity contribution in [2.45, 2.75) is 13.3 Å². The minimum atomic E-state index is -0.170. The second-order valence-corrected chi connectivity index (χ2v) is 7.12. The van der Waals surface area contributed by atoms with E-state index < -0.39 is 0 Å². The van der Waals surface area contributed by atoms with E-state index in [4.69, 9.17) is 0 Å². The topological polar surface area (TPSA) is 54.4 Å². The van der Waals surface area contributed by atoms with Crippen molar-refractivity contribution in [2.24, 2.45) is 5.10 Å². The van der Waals surface area contributed by atoms with Crippen LogP contribution in [0.25, 0.3) is 21.5 Å². The number of fused-ring (bicyclic) bond motifs is 2. The maximum Gasteiger partial charge on any atom is 0.246 e. The van der Waals surface area contributed by atoms with Crippen LogP contribution in [0.3, 0.4) is 0 Å². The molecule has 1 amide bonds. The molecule has 1 N–H and O–H groups in total. The predicted octanol–water partition coefficient (Wildman–Crippen LogP) is 4.45. The van der Waals surface area contributed by atoms with Crippen molar-refractivity contribution in [3.8, 4) is 0 Å². The summed E-state index contributed by atoms with van der Waals surface area (Å²) in [7, 11) is 0. The number of amides is 1. The highest BCUT2D eigenvalue weighted by molar-refractivity contribution is 7.09. The van der Waals surface area contributed by atoms with Crippen LogP contribution in [0.1, 0.15) is 16.3 Å². The number of rotatable bonds is 4. The SMILES string of the molecule is Cc1nc(CC(=O)N/N=C\c2c3ccccc3cc3ccccc23)cs1. The van der Waals surface area contributed by atoms with Gasteiger partial charge >= 0.3 is 0 Å². The van der Waals surface area contributed by atoms with Gasteiger partial charge in [0.15, 0.2) is 0 Å². The van der Waals surface area contributed by atoms with Gasteiger partial charge in [0, 0.05) is 10.9 Å². The summed E-state index contributed by atoms with van der Waals surface area (Å²) in [5, 5.41) is 11.6. The molecule has 4 nitrogen and oxygen atoms in total. The van der Waals surface area contributed by atoms with E-state index in [1.807, 2.05) is 36.6 Å². The zero-order valence-electron chi connectivity index (χ0n) is 14.3. The van der Waals surface area contributed by atoms with Gasteiger partial charge in [0.05, 0.1) is 23.3 Å². The van der Waals surface area contributed by atoms with Crippen LogP contribution in [-0.4, -0.2) is 17.1 Å². The molecule has 1 aromatic heterocycles. The molecule has 4 aromatic rings. The molecular weight excluding hydrogens is 342 g/mol. The number of hydrogen-bond acceptors (Lipinski definition) is 4. The normalized spacial score (nSPS) is 11.4. The quantitative estimate of drug-likeness (QED) is 0.332. The molecule has 0 fully saturated rings. The van der Waals surface area contributed by atoms with Gasteiger partial charge in [0.1, 0.15) is 0 Å². The summed E-state index contributed by atoms with van der Waals surface area (Å²) >= 11 is 1.54. The van der Waals surface area contributed by atoms with E-state index >= 15 is 0 Å². The number of benzene rings is 3. The number of nitrogens with one attached hydrogen (secondary N) is 1. The molecule has 0 aliphatic rings. The van der Waals surface area contributed by atoms with Gasteiger partial charge in [-0.1, -0.05) is 48.5 Å². The zero-order chi connectivity index (χ0) is 17.9. The number of carbonyl (C=O) groups is 1. The van der Waals surface area contributed by atoms with Gasteiger partial charge < -0.3 is 0 Å². The summed E-state index contributed by atoms with van der Waals surface area (Å²) in [4.78, 5) is 16.4. The summed E-state index contributed by atoms with van der Waals surface area (Å²) in [5.41, 5.74) is 4.39. The lowest BCUT2D eigenvalue weighted by Gasteiger charge is -2.07. The minimum Gasteiger partial charge on any atom is -0.273 e. The Balaban J connectivity index is 1.62. The standard InChI is InChI=1S/C21H17N3OS/c1-14-23-17(13-26-14)11-21(25)24-22-12-20-18-8-4-2-6-15(18)10-16-7-3-5-9-19(16)20/h2-10,12-13H,11H2,1H3,(H,24,25)/b22-12-. The first-order valence-corrected chi connectivity index (χ1v) is 9.22. The van der Waals surface area contributed by atoms with Crippen molar-refractivity contribution < 1.29 is 4.79 Å². The van der Waals surface area contributed by atoms with Crippen molar-refractivity contribution in [1.82, 2.24) is 10.4 Å². The smallest absolute Gasteiger partial charge is 0.246 e. The van der Waals surface area contributed by atoms with Crippen molar-refractivity contribution in [3.63, 3.8) is 0 Å². The average Bonchev–Trinajstić information content (AvgIpc) is 3.05. The molecule has 0 aliphatic carbocycles. The number of hydrazone groups is 1. The Kier molecular flexibility index (Phi) is 4.46. The van der Waals surface area contributed by atoms with Crippen LogP contribution in [0, 0.1) is 6.92 Å². The number of aromatic nitrogens is 1. The lowest BCUT2D eigenvalue weighted by Crippen LogP contribution is -2.20. The molecule has 26 heavy (non-hydrogen) atoms. The molecule has 128 valence electrons. The van der Waals surface area contributed by atoms with E-state index in [1.54, 1.807) is 17.6 Å². The van der Waals surface area contributed by atoms with Crippen LogP contribution in [0.2, 0.25) is 0 Å². The highest BCUT2D eigenvalue weighted by atomic mass is 32.1. The van der Waals surface area contributed by atoms with Gasteiger partial charge in [-0.05, 0) is 34.5 Å². The monoisotopic (exact) mass is 359 g/mol. The average molecular weight is 359 g/mol. The lowest BCUT2D eigenvalue weighted by molar-refractivity contribution is -0.120. The second kappa shape index (κ2) is 7.06. The fraction of sp³-hybridized carbons (Fsp3) is 0.0952. The Labute approximate surface area is 155 Å². The Morgan fingerprint density at radius 3 is 2.38 bits per heavy atom. The van der Waals surface area contributed by atoms with Crippen LogP contribution in [0.4, 0.5) is 0 Å². The molecule has 0 spiro atoms. The number of hydrogen-bond donors (Lipinski definition) is 1. The molecule has 0 bridgehead atoms. The highest BCUT2D eigenvalue weighted by Gasteiger charge is 2.07. The largest absolute Gasteiger partial charge is 0.273 e. The minimum absolute atomic E-state index is 0.170. The van der Waals surface area contributed by atoms with Gasteiger partial charge in [-0.25, -0.2) is 10.4 Å². The first kappa shape index (κ1) is 16.4. The van der Waals surface area contributed by atoms with Gasteiger partial charge in [-0.2, -0.15) is 5.10 Å². The van der Waals surface area contributed by atoms with Crippen molar-refractivity contribution in [3.05, 3.63) is 76.2 Å². The van der Waals surface area contributed by atoms with E-state index in [-0.39, 0.29) is 12.3 Å². The number of thiazole rings is 1.